The van der Waals surface area contributed by atoms with Crippen LogP contribution in [0.4, 0.5) is 13.2 Å². The number of nitrogens with zero attached hydrogens (tertiary/aromatic N) is 3. The minimum atomic E-state index is -5.01. The molecule has 1 aliphatic heterocycles. The van der Waals surface area contributed by atoms with Crippen molar-refractivity contribution < 1.29 is 23.1 Å². The number of hydrogen-bond acceptors (Lipinski definition) is 3. The van der Waals surface area contributed by atoms with Gasteiger partial charge in [0, 0.05) is 41.6 Å². The Morgan fingerprint density at radius 2 is 1.81 bits per heavy atom. The zero-order valence-corrected chi connectivity index (χ0v) is 15.3. The standard InChI is InChI=1S/C18H19ClF3N3O2/c1-17(27,18(20,21)22)16(26)24-8-6-12(7-9-24)15-10-23-11-25(15)14-4-2-13(19)3-5-14/h2-5,10-12,27H,6-9H2,1H3/t17-/m1/s1. The number of likely N-dealkylation sites (tertiary alicyclic amines) is 1. The van der Waals surface area contributed by atoms with Crippen LogP contribution in [0.2, 0.25) is 5.02 Å². The van der Waals surface area contributed by atoms with Crippen LogP contribution in [0, 0.1) is 0 Å². The molecule has 1 N–H and O–H groups in total. The summed E-state index contributed by atoms with van der Waals surface area (Å²) in [5.41, 5.74) is -1.57. The van der Waals surface area contributed by atoms with E-state index >= 15 is 0 Å². The fourth-order valence-electron chi connectivity index (χ4n) is 3.23. The van der Waals surface area contributed by atoms with Gasteiger partial charge in [0.15, 0.2) is 0 Å². The first-order chi connectivity index (χ1) is 12.6. The Morgan fingerprint density at radius 1 is 1.22 bits per heavy atom. The molecule has 1 aromatic heterocycles. The summed E-state index contributed by atoms with van der Waals surface area (Å²) in [5, 5.41) is 10.2. The fraction of sp³-hybridized carbons (Fsp3) is 0.444. The van der Waals surface area contributed by atoms with Crippen LogP contribution in [0.3, 0.4) is 0 Å². The number of benzene rings is 1. The maximum Gasteiger partial charge on any atom is 0.426 e. The number of piperidine rings is 1. The Balaban J connectivity index is 1.71. The Bertz CT molecular complexity index is 810. The number of aromatic nitrogens is 2. The highest BCUT2D eigenvalue weighted by atomic mass is 35.5. The van der Waals surface area contributed by atoms with E-state index in [4.69, 9.17) is 11.6 Å². The van der Waals surface area contributed by atoms with Crippen LogP contribution >= 0.6 is 11.6 Å². The van der Waals surface area contributed by atoms with Crippen molar-refractivity contribution in [3.8, 4) is 5.69 Å². The van der Waals surface area contributed by atoms with E-state index in [1.54, 1.807) is 24.7 Å². The van der Waals surface area contributed by atoms with E-state index in [0.717, 1.165) is 16.3 Å². The highest BCUT2D eigenvalue weighted by molar-refractivity contribution is 6.30. The quantitative estimate of drug-likeness (QED) is 0.855. The Morgan fingerprint density at radius 3 is 2.37 bits per heavy atom. The van der Waals surface area contributed by atoms with Crippen LogP contribution < -0.4 is 0 Å². The lowest BCUT2D eigenvalue weighted by Gasteiger charge is -2.36. The Hall–Kier alpha value is -2.06. The monoisotopic (exact) mass is 401 g/mol. The molecule has 1 fully saturated rings. The van der Waals surface area contributed by atoms with Gasteiger partial charge in [-0.2, -0.15) is 13.2 Å². The predicted octanol–water partition coefficient (Wildman–Crippen LogP) is 3.55. The summed E-state index contributed by atoms with van der Waals surface area (Å²) in [5.74, 6) is -1.26. The van der Waals surface area contributed by atoms with Crippen molar-refractivity contribution in [2.24, 2.45) is 0 Å². The number of imidazole rings is 1. The van der Waals surface area contributed by atoms with Gasteiger partial charge in [-0.15, -0.1) is 0 Å². The van der Waals surface area contributed by atoms with Gasteiger partial charge in [-0.05, 0) is 44.0 Å². The first-order valence-corrected chi connectivity index (χ1v) is 8.85. The third kappa shape index (κ3) is 3.82. The van der Waals surface area contributed by atoms with Gasteiger partial charge in [-0.1, -0.05) is 11.6 Å². The molecule has 1 amide bonds. The van der Waals surface area contributed by atoms with Crippen molar-refractivity contribution in [1.82, 2.24) is 14.5 Å². The molecule has 9 heteroatoms. The average Bonchev–Trinajstić information content (AvgIpc) is 3.10. The van der Waals surface area contributed by atoms with Gasteiger partial charge in [0.25, 0.3) is 5.91 Å². The topological polar surface area (TPSA) is 58.4 Å². The van der Waals surface area contributed by atoms with E-state index in [0.29, 0.717) is 24.8 Å². The number of amides is 1. The van der Waals surface area contributed by atoms with E-state index in [-0.39, 0.29) is 19.0 Å². The Kier molecular flexibility index (Phi) is 5.22. The van der Waals surface area contributed by atoms with Gasteiger partial charge >= 0.3 is 6.18 Å². The SMILES string of the molecule is C[C@@](O)(C(=O)N1CCC(c2cncn2-c2ccc(Cl)cc2)CC1)C(F)(F)F. The molecule has 2 aromatic rings. The number of carbonyl (C=O) groups excluding carboxylic acids is 1. The second-order valence-corrected chi connectivity index (χ2v) is 7.24. The largest absolute Gasteiger partial charge is 0.426 e. The highest BCUT2D eigenvalue weighted by Gasteiger charge is 2.57. The summed E-state index contributed by atoms with van der Waals surface area (Å²) in [4.78, 5) is 17.4. The average molecular weight is 402 g/mol. The minimum absolute atomic E-state index is 0.0445. The molecule has 1 aliphatic rings. The van der Waals surface area contributed by atoms with E-state index in [2.05, 4.69) is 4.98 Å². The molecule has 2 heterocycles. The maximum absolute atomic E-state index is 12.9. The van der Waals surface area contributed by atoms with Crippen molar-refractivity contribution in [2.75, 3.05) is 13.1 Å². The van der Waals surface area contributed by atoms with E-state index in [9.17, 15) is 23.1 Å². The number of halogens is 4. The van der Waals surface area contributed by atoms with Crippen LogP contribution in [0.15, 0.2) is 36.8 Å². The summed E-state index contributed by atoms with van der Waals surface area (Å²) >= 11 is 5.91. The molecule has 0 unspecified atom stereocenters. The maximum atomic E-state index is 12.9. The second kappa shape index (κ2) is 7.16. The number of hydrogen-bond donors (Lipinski definition) is 1. The molecule has 1 atom stereocenters. The minimum Gasteiger partial charge on any atom is -0.373 e. The van der Waals surface area contributed by atoms with E-state index < -0.39 is 17.7 Å². The van der Waals surface area contributed by atoms with Crippen molar-refractivity contribution in [3.05, 3.63) is 47.5 Å². The van der Waals surface area contributed by atoms with Crippen LogP contribution in [0.25, 0.3) is 5.69 Å². The normalized spacial score (nSPS) is 18.4. The molecule has 3 rings (SSSR count). The van der Waals surface area contributed by atoms with Gasteiger partial charge in [0.05, 0.1) is 6.33 Å². The van der Waals surface area contributed by atoms with Gasteiger partial charge in [0.2, 0.25) is 5.60 Å². The molecule has 1 saturated heterocycles. The van der Waals surface area contributed by atoms with Crippen molar-refractivity contribution in [2.45, 2.75) is 37.5 Å². The van der Waals surface area contributed by atoms with Gasteiger partial charge in [-0.3, -0.25) is 4.79 Å². The first kappa shape index (κ1) is 19.7. The lowest BCUT2D eigenvalue weighted by atomic mass is 9.92. The smallest absolute Gasteiger partial charge is 0.373 e. The molecule has 0 aliphatic carbocycles. The number of carbonyl (C=O) groups is 1. The zero-order valence-electron chi connectivity index (χ0n) is 14.6. The van der Waals surface area contributed by atoms with Crippen LogP contribution in [-0.4, -0.2) is 50.3 Å². The highest BCUT2D eigenvalue weighted by Crippen LogP contribution is 2.35. The molecule has 0 saturated carbocycles. The summed E-state index contributed by atoms with van der Waals surface area (Å²) < 4.78 is 40.6. The van der Waals surface area contributed by atoms with Crippen molar-refractivity contribution in [3.63, 3.8) is 0 Å². The molecule has 0 radical (unpaired) electrons. The van der Waals surface area contributed by atoms with Crippen LogP contribution in [-0.2, 0) is 4.79 Å². The molecular formula is C18H19ClF3N3O2. The zero-order chi connectivity index (χ0) is 19.8. The molecule has 27 heavy (non-hydrogen) atoms. The number of rotatable bonds is 3. The lowest BCUT2D eigenvalue weighted by molar-refractivity contribution is -0.250. The third-order valence-corrected chi connectivity index (χ3v) is 5.19. The molecule has 146 valence electrons. The third-order valence-electron chi connectivity index (χ3n) is 4.94. The van der Waals surface area contributed by atoms with Crippen molar-refractivity contribution in [1.29, 1.82) is 0 Å². The summed E-state index contributed by atoms with van der Waals surface area (Å²) in [6, 6.07) is 7.24. The van der Waals surface area contributed by atoms with Crippen LogP contribution in [0.5, 0.6) is 0 Å². The van der Waals surface area contributed by atoms with E-state index in [1.165, 1.54) is 0 Å². The van der Waals surface area contributed by atoms with Crippen molar-refractivity contribution >= 4 is 17.5 Å². The first-order valence-electron chi connectivity index (χ1n) is 8.48. The molecule has 1 aromatic carbocycles. The summed E-state index contributed by atoms with van der Waals surface area (Å²) in [6.45, 7) is 0.778. The molecule has 5 nitrogen and oxygen atoms in total. The van der Waals surface area contributed by atoms with Crippen LogP contribution in [0.1, 0.15) is 31.4 Å². The second-order valence-electron chi connectivity index (χ2n) is 6.80. The molecule has 0 spiro atoms. The lowest BCUT2D eigenvalue weighted by Crippen LogP contribution is -2.57. The molecular weight excluding hydrogens is 383 g/mol. The van der Waals surface area contributed by atoms with E-state index in [1.807, 2.05) is 16.7 Å². The Labute approximate surface area is 159 Å². The van der Waals surface area contributed by atoms with Gasteiger partial charge < -0.3 is 14.6 Å². The summed E-state index contributed by atoms with van der Waals surface area (Å²) in [7, 11) is 0. The van der Waals surface area contributed by atoms with Gasteiger partial charge in [-0.25, -0.2) is 4.98 Å². The number of aliphatic hydroxyl groups is 1. The predicted molar refractivity (Wildman–Crippen MR) is 93.8 cm³/mol. The molecule has 0 bridgehead atoms. The summed E-state index contributed by atoms with van der Waals surface area (Å²) in [6.07, 6.45) is -0.640. The fourth-order valence-corrected chi connectivity index (χ4v) is 3.36. The number of alkyl halides is 3. The van der Waals surface area contributed by atoms with Gasteiger partial charge in [0.1, 0.15) is 0 Å².